The Hall–Kier alpha value is -1.22. The topological polar surface area (TPSA) is 55.3 Å². The van der Waals surface area contributed by atoms with E-state index in [0.29, 0.717) is 6.54 Å². The number of anilines is 2. The summed E-state index contributed by atoms with van der Waals surface area (Å²) in [6, 6.07) is 7.78. The van der Waals surface area contributed by atoms with Crippen LogP contribution in [0.15, 0.2) is 24.3 Å². The molecular formula is C9H15N3. The molecule has 0 spiro atoms. The molecule has 0 aliphatic carbocycles. The lowest BCUT2D eigenvalue weighted by atomic mass is 10.2. The SMILES string of the molecule is CN(CCN)c1cccc(N)c1. The quantitative estimate of drug-likeness (QED) is 0.647. The summed E-state index contributed by atoms with van der Waals surface area (Å²) in [4.78, 5) is 2.08. The average Bonchev–Trinajstić information content (AvgIpc) is 2.05. The van der Waals surface area contributed by atoms with Crippen molar-refractivity contribution in [3.8, 4) is 0 Å². The molecule has 0 aliphatic rings. The molecular weight excluding hydrogens is 150 g/mol. The molecule has 0 radical (unpaired) electrons. The highest BCUT2D eigenvalue weighted by atomic mass is 15.1. The highest BCUT2D eigenvalue weighted by Gasteiger charge is 1.97. The number of nitrogens with two attached hydrogens (primary N) is 2. The molecule has 0 saturated carbocycles. The number of nitrogens with zero attached hydrogens (tertiary/aromatic N) is 1. The Morgan fingerprint density at radius 1 is 1.42 bits per heavy atom. The first-order valence-electron chi connectivity index (χ1n) is 4.01. The van der Waals surface area contributed by atoms with Crippen molar-refractivity contribution in [2.45, 2.75) is 0 Å². The fourth-order valence-corrected chi connectivity index (χ4v) is 1.08. The van der Waals surface area contributed by atoms with Crippen LogP contribution in [-0.2, 0) is 0 Å². The molecule has 0 aliphatic heterocycles. The van der Waals surface area contributed by atoms with Gasteiger partial charge in [0.2, 0.25) is 0 Å². The average molecular weight is 165 g/mol. The highest BCUT2D eigenvalue weighted by Crippen LogP contribution is 2.14. The number of nitrogen functional groups attached to an aromatic ring is 1. The maximum Gasteiger partial charge on any atom is 0.0384 e. The fraction of sp³-hybridized carbons (Fsp3) is 0.333. The van der Waals surface area contributed by atoms with Gasteiger partial charge in [0.25, 0.3) is 0 Å². The Balaban J connectivity index is 2.73. The lowest BCUT2D eigenvalue weighted by molar-refractivity contribution is 0.886. The first kappa shape index (κ1) is 8.87. The minimum atomic E-state index is 0.658. The van der Waals surface area contributed by atoms with Gasteiger partial charge in [-0.25, -0.2) is 0 Å². The molecule has 0 aromatic heterocycles. The molecule has 0 fully saturated rings. The zero-order valence-electron chi connectivity index (χ0n) is 7.33. The number of hydrogen-bond donors (Lipinski definition) is 2. The summed E-state index contributed by atoms with van der Waals surface area (Å²) in [6.07, 6.45) is 0. The van der Waals surface area contributed by atoms with Crippen LogP contribution in [0.3, 0.4) is 0 Å². The van der Waals surface area contributed by atoms with E-state index in [2.05, 4.69) is 4.90 Å². The Morgan fingerprint density at radius 2 is 2.17 bits per heavy atom. The van der Waals surface area contributed by atoms with E-state index in [-0.39, 0.29) is 0 Å². The van der Waals surface area contributed by atoms with Crippen LogP contribution in [0, 0.1) is 0 Å². The second-order valence-corrected chi connectivity index (χ2v) is 2.81. The third kappa shape index (κ3) is 2.13. The minimum Gasteiger partial charge on any atom is -0.399 e. The van der Waals surface area contributed by atoms with Crippen LogP contribution in [0.5, 0.6) is 0 Å². The van der Waals surface area contributed by atoms with Crippen molar-refractivity contribution in [1.29, 1.82) is 0 Å². The van der Waals surface area contributed by atoms with Gasteiger partial charge < -0.3 is 16.4 Å². The van der Waals surface area contributed by atoms with E-state index in [1.165, 1.54) is 0 Å². The zero-order valence-corrected chi connectivity index (χ0v) is 7.33. The Kier molecular flexibility index (Phi) is 2.94. The van der Waals surface area contributed by atoms with Crippen molar-refractivity contribution >= 4 is 11.4 Å². The largest absolute Gasteiger partial charge is 0.399 e. The number of likely N-dealkylation sites (N-methyl/N-ethyl adjacent to an activating group) is 1. The molecule has 3 heteroatoms. The van der Waals surface area contributed by atoms with Gasteiger partial charge in [0.05, 0.1) is 0 Å². The molecule has 12 heavy (non-hydrogen) atoms. The van der Waals surface area contributed by atoms with Gasteiger partial charge in [-0.3, -0.25) is 0 Å². The predicted molar refractivity (Wildman–Crippen MR) is 53.2 cm³/mol. The predicted octanol–water partition coefficient (Wildman–Crippen LogP) is 0.664. The van der Waals surface area contributed by atoms with Gasteiger partial charge in [0.15, 0.2) is 0 Å². The van der Waals surface area contributed by atoms with E-state index in [4.69, 9.17) is 11.5 Å². The van der Waals surface area contributed by atoms with Crippen LogP contribution in [-0.4, -0.2) is 20.1 Å². The van der Waals surface area contributed by atoms with E-state index in [1.54, 1.807) is 0 Å². The molecule has 1 aromatic rings. The molecule has 1 rings (SSSR count). The Morgan fingerprint density at radius 3 is 2.75 bits per heavy atom. The van der Waals surface area contributed by atoms with Crippen molar-refractivity contribution in [3.05, 3.63) is 24.3 Å². The summed E-state index contributed by atoms with van der Waals surface area (Å²) in [5.41, 5.74) is 13.0. The molecule has 4 N–H and O–H groups in total. The van der Waals surface area contributed by atoms with Crippen LogP contribution in [0.1, 0.15) is 0 Å². The number of hydrogen-bond acceptors (Lipinski definition) is 3. The molecule has 1 aromatic carbocycles. The van der Waals surface area contributed by atoms with Crippen molar-refractivity contribution in [2.75, 3.05) is 30.8 Å². The molecule has 0 amide bonds. The van der Waals surface area contributed by atoms with Crippen LogP contribution in [0.2, 0.25) is 0 Å². The summed E-state index contributed by atoms with van der Waals surface area (Å²) in [5, 5.41) is 0. The Labute approximate surface area is 73.0 Å². The van der Waals surface area contributed by atoms with Crippen molar-refractivity contribution in [3.63, 3.8) is 0 Å². The molecule has 0 atom stereocenters. The first-order chi connectivity index (χ1) is 5.74. The lowest BCUT2D eigenvalue weighted by Crippen LogP contribution is -2.24. The van der Waals surface area contributed by atoms with Gasteiger partial charge in [0, 0.05) is 31.5 Å². The summed E-state index contributed by atoms with van der Waals surface area (Å²) in [7, 11) is 2.00. The van der Waals surface area contributed by atoms with Crippen molar-refractivity contribution in [1.82, 2.24) is 0 Å². The van der Waals surface area contributed by atoms with Gasteiger partial charge in [-0.1, -0.05) is 6.07 Å². The van der Waals surface area contributed by atoms with Gasteiger partial charge in [-0.2, -0.15) is 0 Å². The fourth-order valence-electron chi connectivity index (χ4n) is 1.08. The van der Waals surface area contributed by atoms with Crippen LogP contribution in [0.25, 0.3) is 0 Å². The van der Waals surface area contributed by atoms with Gasteiger partial charge in [-0.05, 0) is 18.2 Å². The molecule has 3 nitrogen and oxygen atoms in total. The highest BCUT2D eigenvalue weighted by molar-refractivity contribution is 5.55. The first-order valence-corrected chi connectivity index (χ1v) is 4.01. The standard InChI is InChI=1S/C9H15N3/c1-12(6-5-10)9-4-2-3-8(11)7-9/h2-4,7H,5-6,10-11H2,1H3. The molecule has 0 unspecified atom stereocenters. The second-order valence-electron chi connectivity index (χ2n) is 2.81. The smallest absolute Gasteiger partial charge is 0.0384 e. The molecule has 66 valence electrons. The third-order valence-corrected chi connectivity index (χ3v) is 1.78. The monoisotopic (exact) mass is 165 g/mol. The van der Waals surface area contributed by atoms with Gasteiger partial charge in [-0.15, -0.1) is 0 Å². The van der Waals surface area contributed by atoms with E-state index in [1.807, 2.05) is 31.3 Å². The molecule has 0 heterocycles. The molecule has 0 saturated heterocycles. The van der Waals surface area contributed by atoms with E-state index < -0.39 is 0 Å². The van der Waals surface area contributed by atoms with Gasteiger partial charge >= 0.3 is 0 Å². The summed E-state index contributed by atoms with van der Waals surface area (Å²) >= 11 is 0. The van der Waals surface area contributed by atoms with Crippen LogP contribution in [0.4, 0.5) is 11.4 Å². The minimum absolute atomic E-state index is 0.658. The number of benzene rings is 1. The van der Waals surface area contributed by atoms with Crippen LogP contribution < -0.4 is 16.4 Å². The second kappa shape index (κ2) is 3.97. The summed E-state index contributed by atoms with van der Waals surface area (Å²) < 4.78 is 0. The number of rotatable bonds is 3. The maximum absolute atomic E-state index is 5.63. The van der Waals surface area contributed by atoms with E-state index in [0.717, 1.165) is 17.9 Å². The third-order valence-electron chi connectivity index (χ3n) is 1.78. The zero-order chi connectivity index (χ0) is 8.97. The summed E-state index contributed by atoms with van der Waals surface area (Å²) in [6.45, 7) is 1.51. The van der Waals surface area contributed by atoms with E-state index in [9.17, 15) is 0 Å². The lowest BCUT2D eigenvalue weighted by Gasteiger charge is -2.18. The summed E-state index contributed by atoms with van der Waals surface area (Å²) in [5.74, 6) is 0. The van der Waals surface area contributed by atoms with Crippen LogP contribution >= 0.6 is 0 Å². The van der Waals surface area contributed by atoms with Gasteiger partial charge in [0.1, 0.15) is 0 Å². The molecule has 0 bridgehead atoms. The maximum atomic E-state index is 5.63. The normalized spacial score (nSPS) is 9.83. The van der Waals surface area contributed by atoms with E-state index >= 15 is 0 Å². The Bertz CT molecular complexity index is 247. The van der Waals surface area contributed by atoms with Crippen molar-refractivity contribution < 1.29 is 0 Å². The van der Waals surface area contributed by atoms with Crippen molar-refractivity contribution in [2.24, 2.45) is 5.73 Å².